The molecule has 624 valence electrons. The van der Waals surface area contributed by atoms with Crippen LogP contribution in [0, 0.1) is 12.1 Å². The van der Waals surface area contributed by atoms with Crippen LogP contribution in [0.25, 0.3) is 167 Å². The van der Waals surface area contributed by atoms with Crippen LogP contribution in [0.1, 0.15) is 156 Å². The number of hydrogen-bond donors (Lipinski definition) is 2. The van der Waals surface area contributed by atoms with Gasteiger partial charge in [-0.15, -0.1) is 58.7 Å². The van der Waals surface area contributed by atoms with Gasteiger partial charge in [-0.25, -0.2) is 9.97 Å². The Labute approximate surface area is 759 Å². The molecule has 18 rings (SSSR count). The molecule has 14 aromatic carbocycles. The largest absolute Gasteiger partial charge is 0.507 e. The molecule has 0 bridgehead atoms. The first-order chi connectivity index (χ1) is 58.5. The van der Waals surface area contributed by atoms with Crippen molar-refractivity contribution in [2.75, 3.05) is 0 Å². The number of para-hydroxylation sites is 3. The van der Waals surface area contributed by atoms with E-state index >= 15 is 0 Å². The van der Waals surface area contributed by atoms with Gasteiger partial charge in [0.15, 0.2) is 0 Å². The van der Waals surface area contributed by atoms with E-state index in [-0.39, 0.29) is 87.1 Å². The summed E-state index contributed by atoms with van der Waals surface area (Å²) in [5.41, 5.74) is 29.6. The first-order valence-corrected chi connectivity index (χ1v) is 42.7. The Morgan fingerprint density at radius 3 is 1.10 bits per heavy atom. The minimum absolute atomic E-state index is 0. The Balaban J connectivity index is 0.000000189. The van der Waals surface area contributed by atoms with Crippen LogP contribution >= 0.6 is 0 Å². The molecule has 4 aromatic heterocycles. The molecule has 18 aromatic rings. The Morgan fingerprint density at radius 2 is 0.685 bits per heavy atom. The number of hydrogen-bond acceptors (Lipinski definition) is 6. The summed E-state index contributed by atoms with van der Waals surface area (Å²) in [5, 5.41) is 28.4. The SMILES string of the molecule is CC(C)c1cc(-c2cc3ccccc3cn2)[c-]c(-c2cccc3c2nc(-c2cc(C(C)(C)C)cc(C(C)(C)C)c2O)n3-c2ccc(-c3ccccc3)cc2-c2ccccc2)c1.CC(C)c1cc(-c2ccc3ccccc3n2)[c-]c(-c2cccc3c2nc(-c2cc(C(C)(C)C)cc(C(C)(C)C)c2O)n3-c2ccc(-c3ccccc3)cc2-c2ccccc2)c1.[Pt].[Pt]. The average Bonchev–Trinajstić information content (AvgIpc) is 1.56. The third-order valence-corrected chi connectivity index (χ3v) is 23.8. The third kappa shape index (κ3) is 17.3. The smallest absolute Gasteiger partial charge is 0.148 e. The maximum atomic E-state index is 12.5. The fourth-order valence-electron chi connectivity index (χ4n) is 16.7. The van der Waals surface area contributed by atoms with Crippen LogP contribution in [0.3, 0.4) is 0 Å². The minimum atomic E-state index is -0.325. The first kappa shape index (κ1) is 86.7. The number of benzene rings is 14. The Kier molecular flexibility index (Phi) is 24.4. The van der Waals surface area contributed by atoms with Crippen molar-refractivity contribution in [1.82, 2.24) is 29.1 Å². The molecule has 8 nitrogen and oxygen atoms in total. The molecule has 0 aliphatic heterocycles. The zero-order valence-electron chi connectivity index (χ0n) is 73.4. The van der Waals surface area contributed by atoms with Gasteiger partial charge in [-0.05, 0) is 149 Å². The maximum Gasteiger partial charge on any atom is 0.148 e. The molecule has 0 aliphatic rings. The second-order valence-corrected chi connectivity index (χ2v) is 37.3. The number of rotatable bonds is 14. The van der Waals surface area contributed by atoms with Crippen LogP contribution in [0.4, 0.5) is 0 Å². The number of fused-ring (bicyclic) bond motifs is 4. The molecule has 0 radical (unpaired) electrons. The fraction of sp³-hybridized carbons (Fsp3) is 0.193. The van der Waals surface area contributed by atoms with Crippen LogP contribution in [0.15, 0.2) is 316 Å². The number of phenols is 2. The summed E-state index contributed by atoms with van der Waals surface area (Å²) >= 11 is 0. The number of imidazole rings is 2. The number of nitrogens with zero attached hydrogens (tertiary/aromatic N) is 6. The monoisotopic (exact) mass is 1980 g/mol. The molecule has 0 spiro atoms. The van der Waals surface area contributed by atoms with Crippen molar-refractivity contribution in [3.8, 4) is 135 Å². The molecule has 0 saturated heterocycles. The van der Waals surface area contributed by atoms with Crippen LogP contribution < -0.4 is 0 Å². The van der Waals surface area contributed by atoms with Gasteiger partial charge in [-0.3, -0.25) is 19.1 Å². The first-order valence-electron chi connectivity index (χ1n) is 42.7. The van der Waals surface area contributed by atoms with E-state index in [0.717, 1.165) is 167 Å². The van der Waals surface area contributed by atoms with Crippen molar-refractivity contribution in [1.29, 1.82) is 0 Å². The van der Waals surface area contributed by atoms with Gasteiger partial charge >= 0.3 is 0 Å². The van der Waals surface area contributed by atoms with Gasteiger partial charge < -0.3 is 10.2 Å². The molecule has 10 heteroatoms. The fourth-order valence-corrected chi connectivity index (χ4v) is 16.7. The van der Waals surface area contributed by atoms with Gasteiger partial charge in [0.05, 0.1) is 50.1 Å². The van der Waals surface area contributed by atoms with E-state index < -0.39 is 0 Å². The molecular formula is C114H104N6O2Pt2-2. The van der Waals surface area contributed by atoms with Gasteiger partial charge in [0, 0.05) is 82.0 Å². The molecule has 0 atom stereocenters. The second-order valence-electron chi connectivity index (χ2n) is 37.3. The summed E-state index contributed by atoms with van der Waals surface area (Å²) < 4.78 is 4.53. The molecule has 4 heterocycles. The maximum absolute atomic E-state index is 12.5. The summed E-state index contributed by atoms with van der Waals surface area (Å²) in [5.74, 6) is 2.39. The van der Waals surface area contributed by atoms with E-state index in [9.17, 15) is 10.2 Å². The molecular weight excluding hydrogens is 1880 g/mol. The van der Waals surface area contributed by atoms with Crippen molar-refractivity contribution in [3.63, 3.8) is 0 Å². The Morgan fingerprint density at radius 1 is 0.298 bits per heavy atom. The minimum Gasteiger partial charge on any atom is -0.507 e. The zero-order valence-corrected chi connectivity index (χ0v) is 77.9. The van der Waals surface area contributed by atoms with Crippen LogP contribution in [0.2, 0.25) is 0 Å². The number of phenolic OH excluding ortho intramolecular Hbond substituents is 2. The standard InChI is InChI=1S/2C57H52N3O.2Pt/c1-36(2)41-30-42(32-43(31-41)50-28-26-39-22-15-16-24-49(39)58-50)45-23-17-25-52-53(45)59-55(47-34-44(56(3,4)5)35-48(54(47)61)57(6,7)8)60(52)51-29-27-40(37-18-11-9-12-19-37)33-46(51)38-20-13-10-14-21-38;1-36(2)42-28-43(30-44(29-42)50-32-39-22-15-16-23-41(39)35-58-50)46-24-17-25-52-53(46)59-55(48-33-45(56(3,4)5)34-49(54(48)61)57(6,7)8)60(52)51-27-26-40(37-18-11-9-12-19-37)31-47(51)38-20-13-10-14-21-38;;/h9-31,33-36,61H,1-8H3;9-29,31-36,61H,1-8H3;;/q2*-1;;. The number of aromatic hydroxyl groups is 2. The van der Waals surface area contributed by atoms with Crippen molar-refractivity contribution in [3.05, 3.63) is 361 Å². The zero-order chi connectivity index (χ0) is 85.3. The average molecular weight is 1980 g/mol. The van der Waals surface area contributed by atoms with Crippen molar-refractivity contribution in [2.24, 2.45) is 0 Å². The molecule has 0 unspecified atom stereocenters. The van der Waals surface area contributed by atoms with Crippen LogP contribution in [0.5, 0.6) is 11.5 Å². The van der Waals surface area contributed by atoms with Crippen molar-refractivity contribution in [2.45, 2.75) is 144 Å². The second kappa shape index (κ2) is 34.9. The Bertz CT molecular complexity index is 6580. The van der Waals surface area contributed by atoms with Crippen molar-refractivity contribution >= 4 is 43.7 Å². The Hall–Kier alpha value is -12.2. The molecule has 0 saturated carbocycles. The van der Waals surface area contributed by atoms with Gasteiger partial charge in [0.2, 0.25) is 0 Å². The molecule has 124 heavy (non-hydrogen) atoms. The third-order valence-electron chi connectivity index (χ3n) is 23.8. The van der Waals surface area contributed by atoms with E-state index in [4.69, 9.17) is 19.9 Å². The molecule has 0 fully saturated rings. The van der Waals surface area contributed by atoms with Gasteiger partial charge in [-0.1, -0.05) is 364 Å². The van der Waals surface area contributed by atoms with E-state index in [1.165, 1.54) is 11.1 Å². The normalized spacial score (nSPS) is 12.0. The number of aromatic nitrogens is 6. The summed E-state index contributed by atoms with van der Waals surface area (Å²) in [6, 6.07) is 117. The van der Waals surface area contributed by atoms with E-state index in [0.29, 0.717) is 22.8 Å². The van der Waals surface area contributed by atoms with Crippen LogP contribution in [-0.2, 0) is 63.8 Å². The molecule has 0 amide bonds. The molecule has 2 N–H and O–H groups in total. The van der Waals surface area contributed by atoms with Gasteiger partial charge in [-0.2, -0.15) is 0 Å². The van der Waals surface area contributed by atoms with E-state index in [2.05, 4.69) is 423 Å². The molecule has 0 aliphatic carbocycles. The quantitative estimate of drug-likeness (QED) is 0.105. The predicted octanol–water partition coefficient (Wildman–Crippen LogP) is 30.3. The van der Waals surface area contributed by atoms with Gasteiger partial charge in [0.1, 0.15) is 23.1 Å². The number of pyridine rings is 2. The summed E-state index contributed by atoms with van der Waals surface area (Å²) in [4.78, 5) is 21.3. The summed E-state index contributed by atoms with van der Waals surface area (Å²) in [6.07, 6.45) is 1.95. The topological polar surface area (TPSA) is 102 Å². The van der Waals surface area contributed by atoms with Gasteiger partial charge in [0.25, 0.3) is 0 Å². The van der Waals surface area contributed by atoms with E-state index in [1.807, 2.05) is 24.4 Å². The predicted molar refractivity (Wildman–Crippen MR) is 511 cm³/mol. The summed E-state index contributed by atoms with van der Waals surface area (Å²) in [6.45, 7) is 35.3. The van der Waals surface area contributed by atoms with Crippen molar-refractivity contribution < 1.29 is 52.3 Å². The van der Waals surface area contributed by atoms with Crippen LogP contribution in [-0.4, -0.2) is 39.3 Å². The van der Waals surface area contributed by atoms with E-state index in [1.54, 1.807) is 0 Å². The summed E-state index contributed by atoms with van der Waals surface area (Å²) in [7, 11) is 0.